The average Bonchev–Trinajstić information content (AvgIpc) is 3.08. The Balaban J connectivity index is 1.46. The van der Waals surface area contributed by atoms with Crippen LogP contribution in [0, 0.1) is 11.3 Å². The molecule has 0 saturated heterocycles. The minimum atomic E-state index is -0.575. The van der Waals surface area contributed by atoms with Gasteiger partial charge in [-0.1, -0.05) is 12.1 Å². The Morgan fingerprint density at radius 3 is 2.92 bits per heavy atom. The number of nitrogens with one attached hydrogen (secondary N) is 1. The van der Waals surface area contributed by atoms with Gasteiger partial charge in [0.15, 0.2) is 0 Å². The Hall–Kier alpha value is -2.75. The molecule has 0 aliphatic rings. The summed E-state index contributed by atoms with van der Waals surface area (Å²) in [5.41, 5.74) is 3.31. The highest BCUT2D eigenvalue weighted by atomic mass is 16.3. The number of aromatic nitrogens is 3. The van der Waals surface area contributed by atoms with E-state index in [9.17, 15) is 5.11 Å². The summed E-state index contributed by atoms with van der Waals surface area (Å²) in [4.78, 5) is 8.60. The Kier molecular flexibility index (Phi) is 5.95. The maximum Gasteiger partial charge on any atom is 0.101 e. The van der Waals surface area contributed by atoms with Gasteiger partial charge in [-0.3, -0.25) is 4.98 Å². The van der Waals surface area contributed by atoms with Gasteiger partial charge in [0.2, 0.25) is 0 Å². The van der Waals surface area contributed by atoms with Crippen LogP contribution in [0.25, 0.3) is 11.0 Å². The number of para-hydroxylation sites is 2. The fourth-order valence-electron chi connectivity index (χ4n) is 2.96. The third kappa shape index (κ3) is 4.45. The molecule has 0 bridgehead atoms. The van der Waals surface area contributed by atoms with Crippen LogP contribution in [-0.4, -0.2) is 38.3 Å². The van der Waals surface area contributed by atoms with E-state index in [2.05, 4.69) is 38.9 Å². The largest absolute Gasteiger partial charge is 0.391 e. The van der Waals surface area contributed by atoms with Crippen molar-refractivity contribution in [3.63, 3.8) is 0 Å². The van der Waals surface area contributed by atoms with Crippen molar-refractivity contribution >= 4 is 11.0 Å². The van der Waals surface area contributed by atoms with Crippen molar-refractivity contribution in [1.82, 2.24) is 19.9 Å². The summed E-state index contributed by atoms with van der Waals surface area (Å²) < 4.78 is 2.15. The standard InChI is InChI=1S/C20H23N5O/c1-15(8-10-25-14-24-18-6-2-3-7-20(18)25)23-13-17(26)11-19-16(12-21)5-4-9-22-19/h2-7,9,14-15,17,23,26H,8,10-11,13H2,1H3. The quantitative estimate of drug-likeness (QED) is 0.651. The summed E-state index contributed by atoms with van der Waals surface area (Å²) in [5.74, 6) is 0. The van der Waals surface area contributed by atoms with Crippen LogP contribution < -0.4 is 5.32 Å². The molecule has 3 rings (SSSR count). The van der Waals surface area contributed by atoms with Crippen LogP contribution in [0.1, 0.15) is 24.6 Å². The van der Waals surface area contributed by atoms with E-state index in [0.717, 1.165) is 24.0 Å². The van der Waals surface area contributed by atoms with Gasteiger partial charge in [-0.2, -0.15) is 5.26 Å². The SMILES string of the molecule is CC(CCn1cnc2ccccc21)NCC(O)Cc1ncccc1C#N. The second-order valence-electron chi connectivity index (χ2n) is 6.49. The second-order valence-corrected chi connectivity index (χ2v) is 6.49. The van der Waals surface area contributed by atoms with Crippen LogP contribution >= 0.6 is 0 Å². The molecule has 134 valence electrons. The van der Waals surface area contributed by atoms with E-state index in [1.807, 2.05) is 24.5 Å². The zero-order valence-corrected chi connectivity index (χ0v) is 14.8. The van der Waals surface area contributed by atoms with Crippen LogP contribution in [0.15, 0.2) is 48.9 Å². The Labute approximate surface area is 153 Å². The van der Waals surface area contributed by atoms with Crippen LogP contribution in [0.3, 0.4) is 0 Å². The van der Waals surface area contributed by atoms with Gasteiger partial charge in [-0.25, -0.2) is 4.98 Å². The van der Waals surface area contributed by atoms with Crippen molar-refractivity contribution in [2.75, 3.05) is 6.54 Å². The number of hydrogen-bond donors (Lipinski definition) is 2. The van der Waals surface area contributed by atoms with Crippen molar-refractivity contribution in [1.29, 1.82) is 5.26 Å². The zero-order valence-electron chi connectivity index (χ0n) is 14.8. The van der Waals surface area contributed by atoms with E-state index in [1.54, 1.807) is 18.3 Å². The molecule has 2 heterocycles. The number of pyridine rings is 1. The lowest BCUT2D eigenvalue weighted by atomic mass is 10.1. The fourth-order valence-corrected chi connectivity index (χ4v) is 2.96. The van der Waals surface area contributed by atoms with Crippen LogP contribution in [0.2, 0.25) is 0 Å². The third-order valence-corrected chi connectivity index (χ3v) is 4.47. The van der Waals surface area contributed by atoms with Crippen molar-refractivity contribution in [2.24, 2.45) is 0 Å². The molecule has 26 heavy (non-hydrogen) atoms. The molecule has 0 saturated carbocycles. The minimum Gasteiger partial charge on any atom is -0.391 e. The molecule has 0 aliphatic heterocycles. The predicted octanol–water partition coefficient (Wildman–Crippen LogP) is 2.27. The molecular formula is C20H23N5O. The van der Waals surface area contributed by atoms with E-state index in [4.69, 9.17) is 5.26 Å². The van der Waals surface area contributed by atoms with Crippen LogP contribution in [0.5, 0.6) is 0 Å². The van der Waals surface area contributed by atoms with Gasteiger partial charge in [0.25, 0.3) is 0 Å². The van der Waals surface area contributed by atoms with Crippen molar-refractivity contribution in [2.45, 2.75) is 38.5 Å². The highest BCUT2D eigenvalue weighted by Gasteiger charge is 2.12. The van der Waals surface area contributed by atoms with E-state index in [0.29, 0.717) is 24.2 Å². The summed E-state index contributed by atoms with van der Waals surface area (Å²) in [6.07, 6.45) is 4.24. The van der Waals surface area contributed by atoms with E-state index >= 15 is 0 Å². The lowest BCUT2D eigenvalue weighted by Crippen LogP contribution is -2.35. The molecule has 0 amide bonds. The number of rotatable bonds is 8. The first-order chi connectivity index (χ1) is 12.7. The first-order valence-corrected chi connectivity index (χ1v) is 8.82. The monoisotopic (exact) mass is 349 g/mol. The van der Waals surface area contributed by atoms with Crippen molar-refractivity contribution < 1.29 is 5.11 Å². The van der Waals surface area contributed by atoms with Gasteiger partial charge in [0.1, 0.15) is 6.07 Å². The van der Waals surface area contributed by atoms with E-state index < -0.39 is 6.10 Å². The number of hydrogen-bond acceptors (Lipinski definition) is 5. The lowest BCUT2D eigenvalue weighted by molar-refractivity contribution is 0.166. The Morgan fingerprint density at radius 1 is 1.23 bits per heavy atom. The normalized spacial score (nSPS) is 13.4. The number of aryl methyl sites for hydroxylation is 1. The smallest absolute Gasteiger partial charge is 0.101 e. The predicted molar refractivity (Wildman–Crippen MR) is 100 cm³/mol. The van der Waals surface area contributed by atoms with Crippen molar-refractivity contribution in [3.8, 4) is 6.07 Å². The number of nitrogens with zero attached hydrogens (tertiary/aromatic N) is 4. The summed E-state index contributed by atoms with van der Waals surface area (Å²) >= 11 is 0. The van der Waals surface area contributed by atoms with Gasteiger partial charge in [0, 0.05) is 31.7 Å². The number of nitriles is 1. The summed E-state index contributed by atoms with van der Waals surface area (Å²) in [6, 6.07) is 13.9. The maximum atomic E-state index is 10.2. The molecule has 2 atom stereocenters. The molecule has 6 heteroatoms. The first kappa shape index (κ1) is 18.1. The summed E-state index contributed by atoms with van der Waals surface area (Å²) in [5, 5.41) is 22.7. The van der Waals surface area contributed by atoms with Gasteiger partial charge in [-0.05, 0) is 37.6 Å². The number of benzene rings is 1. The molecular weight excluding hydrogens is 326 g/mol. The molecule has 0 radical (unpaired) electrons. The van der Waals surface area contributed by atoms with Crippen LogP contribution in [-0.2, 0) is 13.0 Å². The highest BCUT2D eigenvalue weighted by molar-refractivity contribution is 5.74. The molecule has 6 nitrogen and oxygen atoms in total. The van der Waals surface area contributed by atoms with E-state index in [1.165, 1.54) is 0 Å². The number of aliphatic hydroxyl groups is 1. The lowest BCUT2D eigenvalue weighted by Gasteiger charge is -2.17. The molecule has 2 N–H and O–H groups in total. The average molecular weight is 349 g/mol. The number of aliphatic hydroxyl groups excluding tert-OH is 1. The minimum absolute atomic E-state index is 0.255. The van der Waals surface area contributed by atoms with Crippen LogP contribution in [0.4, 0.5) is 0 Å². The number of imidazole rings is 1. The number of fused-ring (bicyclic) bond motifs is 1. The highest BCUT2D eigenvalue weighted by Crippen LogP contribution is 2.12. The van der Waals surface area contributed by atoms with Gasteiger partial charge in [0.05, 0.1) is 34.7 Å². The molecule has 2 unspecified atom stereocenters. The molecule has 0 spiro atoms. The van der Waals surface area contributed by atoms with Gasteiger partial charge >= 0.3 is 0 Å². The Bertz CT molecular complexity index is 898. The second kappa shape index (κ2) is 8.56. The first-order valence-electron chi connectivity index (χ1n) is 8.82. The molecule has 2 aromatic heterocycles. The van der Waals surface area contributed by atoms with Crippen molar-refractivity contribution in [3.05, 3.63) is 60.2 Å². The molecule has 0 aliphatic carbocycles. The van der Waals surface area contributed by atoms with Gasteiger partial charge < -0.3 is 15.0 Å². The maximum absolute atomic E-state index is 10.2. The topological polar surface area (TPSA) is 86.8 Å². The fraction of sp³-hybridized carbons (Fsp3) is 0.350. The molecule has 0 fully saturated rings. The van der Waals surface area contributed by atoms with E-state index in [-0.39, 0.29) is 6.04 Å². The molecule has 1 aromatic carbocycles. The zero-order chi connectivity index (χ0) is 18.4. The van der Waals surface area contributed by atoms with Gasteiger partial charge in [-0.15, -0.1) is 0 Å². The summed E-state index contributed by atoms with van der Waals surface area (Å²) in [6.45, 7) is 3.43. The Morgan fingerprint density at radius 2 is 2.08 bits per heavy atom. The molecule has 3 aromatic rings. The third-order valence-electron chi connectivity index (χ3n) is 4.47. The summed E-state index contributed by atoms with van der Waals surface area (Å²) in [7, 11) is 0.